The average molecular weight is 267 g/mol. The summed E-state index contributed by atoms with van der Waals surface area (Å²) in [7, 11) is 6.47. The summed E-state index contributed by atoms with van der Waals surface area (Å²) in [5.74, 6) is 0.858. The summed E-state index contributed by atoms with van der Waals surface area (Å²) in [5.41, 5.74) is 0. The molecule has 1 aliphatic heterocycles. The molecule has 1 aromatic rings. The molecule has 0 spiro atoms. The van der Waals surface area contributed by atoms with Crippen LogP contribution in [0.4, 0.5) is 0 Å². The molecule has 1 atom stereocenters. The van der Waals surface area contributed by atoms with Crippen LogP contribution < -0.4 is 5.32 Å². The molecule has 0 aromatic carbocycles. The fourth-order valence-corrected chi connectivity index (χ4v) is 3.83. The van der Waals surface area contributed by atoms with Crippen molar-refractivity contribution >= 4 is 11.3 Å². The Labute approximate surface area is 115 Å². The van der Waals surface area contributed by atoms with Crippen LogP contribution in [-0.4, -0.2) is 50.6 Å². The van der Waals surface area contributed by atoms with E-state index in [0.29, 0.717) is 0 Å². The second-order valence-corrected chi connectivity index (χ2v) is 6.76. The summed E-state index contributed by atoms with van der Waals surface area (Å²) in [6, 6.07) is 4.52. The Kier molecular flexibility index (Phi) is 5.18. The van der Waals surface area contributed by atoms with Crippen LogP contribution in [0.15, 0.2) is 12.1 Å². The Balaban J connectivity index is 1.77. The van der Waals surface area contributed by atoms with Gasteiger partial charge >= 0.3 is 0 Å². The molecule has 0 radical (unpaired) electrons. The van der Waals surface area contributed by atoms with Gasteiger partial charge in [0.05, 0.1) is 0 Å². The highest BCUT2D eigenvalue weighted by Gasteiger charge is 2.20. The van der Waals surface area contributed by atoms with Crippen molar-refractivity contribution in [1.82, 2.24) is 15.1 Å². The number of nitrogens with zero attached hydrogens (tertiary/aromatic N) is 2. The van der Waals surface area contributed by atoms with Crippen LogP contribution in [0, 0.1) is 5.92 Å². The highest BCUT2D eigenvalue weighted by molar-refractivity contribution is 7.11. The monoisotopic (exact) mass is 267 g/mol. The Bertz CT molecular complexity index is 364. The molecule has 0 aliphatic carbocycles. The lowest BCUT2D eigenvalue weighted by Gasteiger charge is -2.20. The summed E-state index contributed by atoms with van der Waals surface area (Å²) in [4.78, 5) is 7.82. The Hall–Kier alpha value is -0.420. The molecule has 0 amide bonds. The van der Waals surface area contributed by atoms with Gasteiger partial charge in [-0.1, -0.05) is 0 Å². The van der Waals surface area contributed by atoms with Gasteiger partial charge in [0.25, 0.3) is 0 Å². The minimum absolute atomic E-state index is 0.858. The van der Waals surface area contributed by atoms with Crippen LogP contribution in [0.5, 0.6) is 0 Å². The second-order valence-electron chi connectivity index (χ2n) is 5.51. The molecule has 0 saturated carbocycles. The maximum atomic E-state index is 3.21. The van der Waals surface area contributed by atoms with Crippen molar-refractivity contribution in [1.29, 1.82) is 0 Å². The highest BCUT2D eigenvalue weighted by atomic mass is 32.1. The third-order valence-corrected chi connectivity index (χ3v) is 4.62. The topological polar surface area (TPSA) is 18.5 Å². The number of rotatable bonds is 6. The van der Waals surface area contributed by atoms with E-state index >= 15 is 0 Å². The molecule has 1 aliphatic rings. The highest BCUT2D eigenvalue weighted by Crippen LogP contribution is 2.20. The normalized spacial score (nSPS) is 21.0. The van der Waals surface area contributed by atoms with E-state index in [1.165, 1.54) is 35.8 Å². The average Bonchev–Trinajstić information content (AvgIpc) is 2.89. The van der Waals surface area contributed by atoms with Gasteiger partial charge in [0, 0.05) is 35.9 Å². The number of likely N-dealkylation sites (tertiary alicyclic amines) is 1. The van der Waals surface area contributed by atoms with Gasteiger partial charge in [0.1, 0.15) is 0 Å². The zero-order valence-electron chi connectivity index (χ0n) is 11.8. The van der Waals surface area contributed by atoms with Crippen molar-refractivity contribution in [3.63, 3.8) is 0 Å². The Morgan fingerprint density at radius 1 is 1.44 bits per heavy atom. The van der Waals surface area contributed by atoms with Crippen molar-refractivity contribution in [3.8, 4) is 0 Å². The molecule has 102 valence electrons. The third-order valence-electron chi connectivity index (χ3n) is 3.55. The largest absolute Gasteiger partial charge is 0.315 e. The zero-order valence-corrected chi connectivity index (χ0v) is 12.6. The maximum absolute atomic E-state index is 3.21. The molecular formula is C14H25N3S. The second kappa shape index (κ2) is 6.66. The first kappa shape index (κ1) is 14.0. The van der Waals surface area contributed by atoms with Gasteiger partial charge in [-0.15, -0.1) is 11.3 Å². The predicted octanol–water partition coefficient (Wildman–Crippen LogP) is 1.85. The van der Waals surface area contributed by atoms with Crippen molar-refractivity contribution in [2.24, 2.45) is 5.92 Å². The lowest BCUT2D eigenvalue weighted by atomic mass is 10.1. The van der Waals surface area contributed by atoms with E-state index in [1.54, 1.807) is 0 Å². The lowest BCUT2D eigenvalue weighted by Crippen LogP contribution is -2.26. The summed E-state index contributed by atoms with van der Waals surface area (Å²) >= 11 is 1.93. The van der Waals surface area contributed by atoms with Crippen LogP contribution in [0.3, 0.4) is 0 Å². The van der Waals surface area contributed by atoms with Gasteiger partial charge in [0.15, 0.2) is 0 Å². The van der Waals surface area contributed by atoms with Crippen LogP contribution in [0.2, 0.25) is 0 Å². The first-order valence-corrected chi connectivity index (χ1v) is 7.58. The Morgan fingerprint density at radius 3 is 2.89 bits per heavy atom. The molecule has 0 bridgehead atoms. The van der Waals surface area contributed by atoms with E-state index in [4.69, 9.17) is 0 Å². The lowest BCUT2D eigenvalue weighted by molar-refractivity contribution is 0.269. The van der Waals surface area contributed by atoms with Gasteiger partial charge in [-0.3, -0.25) is 0 Å². The molecule has 1 saturated heterocycles. The first-order valence-electron chi connectivity index (χ1n) is 6.76. The van der Waals surface area contributed by atoms with Crippen molar-refractivity contribution in [2.45, 2.75) is 19.5 Å². The van der Waals surface area contributed by atoms with E-state index in [2.05, 4.69) is 41.3 Å². The van der Waals surface area contributed by atoms with E-state index in [-0.39, 0.29) is 0 Å². The SMILES string of the molecule is CNCc1ccc(CN(C)CC2CCN(C)C2)s1. The molecule has 4 heteroatoms. The molecule has 1 aromatic heterocycles. The molecule has 3 nitrogen and oxygen atoms in total. The smallest absolute Gasteiger partial charge is 0.0325 e. The van der Waals surface area contributed by atoms with E-state index in [9.17, 15) is 0 Å². The summed E-state index contributed by atoms with van der Waals surface area (Å²) < 4.78 is 0. The minimum atomic E-state index is 0.858. The molecule has 18 heavy (non-hydrogen) atoms. The summed E-state index contributed by atoms with van der Waals surface area (Å²) in [5, 5.41) is 3.21. The molecular weight excluding hydrogens is 242 g/mol. The van der Waals surface area contributed by atoms with Gasteiger partial charge in [-0.2, -0.15) is 0 Å². The van der Waals surface area contributed by atoms with Crippen molar-refractivity contribution in [2.75, 3.05) is 40.8 Å². The fourth-order valence-electron chi connectivity index (χ4n) is 2.72. The summed E-state index contributed by atoms with van der Waals surface area (Å²) in [6.07, 6.45) is 1.36. The number of hydrogen-bond donors (Lipinski definition) is 1. The quantitative estimate of drug-likeness (QED) is 0.848. The zero-order chi connectivity index (χ0) is 13.0. The van der Waals surface area contributed by atoms with E-state index in [1.807, 2.05) is 18.4 Å². The number of hydrogen-bond acceptors (Lipinski definition) is 4. The van der Waals surface area contributed by atoms with Crippen LogP contribution in [-0.2, 0) is 13.1 Å². The molecule has 1 unspecified atom stereocenters. The van der Waals surface area contributed by atoms with Gasteiger partial charge in [0.2, 0.25) is 0 Å². The van der Waals surface area contributed by atoms with E-state index < -0.39 is 0 Å². The summed E-state index contributed by atoms with van der Waals surface area (Å²) in [6.45, 7) is 5.84. The predicted molar refractivity (Wildman–Crippen MR) is 79.0 cm³/mol. The minimum Gasteiger partial charge on any atom is -0.315 e. The molecule has 2 heterocycles. The molecule has 2 rings (SSSR count). The number of nitrogens with one attached hydrogen (secondary N) is 1. The Morgan fingerprint density at radius 2 is 2.22 bits per heavy atom. The molecule has 1 fully saturated rings. The maximum Gasteiger partial charge on any atom is 0.0325 e. The van der Waals surface area contributed by atoms with Crippen LogP contribution in [0.1, 0.15) is 16.2 Å². The van der Waals surface area contributed by atoms with Crippen molar-refractivity contribution in [3.05, 3.63) is 21.9 Å². The van der Waals surface area contributed by atoms with Crippen molar-refractivity contribution < 1.29 is 0 Å². The van der Waals surface area contributed by atoms with Gasteiger partial charge in [-0.25, -0.2) is 0 Å². The number of thiophene rings is 1. The first-order chi connectivity index (χ1) is 8.67. The van der Waals surface area contributed by atoms with Crippen LogP contribution >= 0.6 is 11.3 Å². The fraction of sp³-hybridized carbons (Fsp3) is 0.714. The van der Waals surface area contributed by atoms with E-state index in [0.717, 1.165) is 19.0 Å². The molecule has 1 N–H and O–H groups in total. The van der Waals surface area contributed by atoms with Gasteiger partial charge < -0.3 is 15.1 Å². The van der Waals surface area contributed by atoms with Crippen LogP contribution in [0.25, 0.3) is 0 Å². The third kappa shape index (κ3) is 4.05. The standard InChI is InChI=1S/C14H25N3S/c1-15-8-13-4-5-14(18-13)11-17(3)10-12-6-7-16(2)9-12/h4-5,12,15H,6-11H2,1-3H3. The van der Waals surface area contributed by atoms with Gasteiger partial charge in [-0.05, 0) is 52.2 Å².